The monoisotopic (exact) mass is 406 g/mol. The van der Waals surface area contributed by atoms with Crippen molar-refractivity contribution in [1.29, 1.82) is 0 Å². The zero-order valence-electron chi connectivity index (χ0n) is 13.3. The average Bonchev–Trinajstić information content (AvgIpc) is 2.59. The number of hydrogen-bond acceptors (Lipinski definition) is 2. The molecular weight excluding hydrogens is 388 g/mol. The molecule has 24 heavy (non-hydrogen) atoms. The molecule has 3 nitrogen and oxygen atoms in total. The van der Waals surface area contributed by atoms with E-state index in [9.17, 15) is 4.79 Å². The summed E-state index contributed by atoms with van der Waals surface area (Å²) in [5.41, 5.74) is 2.03. The summed E-state index contributed by atoms with van der Waals surface area (Å²) in [5.74, 6) is 0.0936. The molecule has 1 N–H and O–H groups in total. The predicted octanol–water partition coefficient (Wildman–Crippen LogP) is 4.95. The van der Waals surface area contributed by atoms with Gasteiger partial charge in [-0.1, -0.05) is 41.9 Å². The van der Waals surface area contributed by atoms with E-state index < -0.39 is 0 Å². The van der Waals surface area contributed by atoms with Crippen molar-refractivity contribution >= 4 is 39.1 Å². The second-order valence-corrected chi connectivity index (χ2v) is 7.44. The first-order valence-electron chi connectivity index (χ1n) is 8.14. The molecule has 1 saturated heterocycles. The van der Waals surface area contributed by atoms with E-state index in [-0.39, 0.29) is 11.8 Å². The maximum Gasteiger partial charge on any atom is 0.228 e. The number of nitrogens with one attached hydrogen (secondary N) is 1. The molecule has 0 aromatic heterocycles. The van der Waals surface area contributed by atoms with Gasteiger partial charge >= 0.3 is 0 Å². The molecule has 0 aliphatic carbocycles. The number of carbonyl (C=O) groups excluding carboxylic acids is 1. The zero-order chi connectivity index (χ0) is 16.9. The lowest BCUT2D eigenvalue weighted by molar-refractivity contribution is -0.121. The van der Waals surface area contributed by atoms with Gasteiger partial charge in [0.05, 0.1) is 10.9 Å². The Morgan fingerprint density at radius 1 is 1.25 bits per heavy atom. The van der Waals surface area contributed by atoms with Crippen LogP contribution in [0.5, 0.6) is 0 Å². The average molecular weight is 408 g/mol. The first-order chi connectivity index (χ1) is 11.6. The standard InChI is InChI=1S/C19H20BrClN2O/c20-17-9-8-16(11-18(17)21)22-19(24)15-7-4-10-23(13-15)12-14-5-2-1-3-6-14/h1-3,5-6,8-9,11,15H,4,7,10,12-13H2,(H,22,24). The van der Waals surface area contributed by atoms with Crippen molar-refractivity contribution in [3.05, 3.63) is 63.6 Å². The number of hydrogen-bond donors (Lipinski definition) is 1. The van der Waals surface area contributed by atoms with Crippen LogP contribution in [0.2, 0.25) is 5.02 Å². The van der Waals surface area contributed by atoms with E-state index >= 15 is 0 Å². The highest BCUT2D eigenvalue weighted by Gasteiger charge is 2.25. The Hall–Kier alpha value is -1.36. The van der Waals surface area contributed by atoms with Crippen molar-refractivity contribution < 1.29 is 4.79 Å². The predicted molar refractivity (Wildman–Crippen MR) is 102 cm³/mol. The number of likely N-dealkylation sites (tertiary alicyclic amines) is 1. The van der Waals surface area contributed by atoms with Gasteiger partial charge < -0.3 is 5.32 Å². The minimum atomic E-state index is 0.0184. The molecule has 0 spiro atoms. The molecule has 1 fully saturated rings. The summed E-state index contributed by atoms with van der Waals surface area (Å²) in [6.45, 7) is 2.74. The molecule has 1 aliphatic rings. The number of carbonyl (C=O) groups is 1. The van der Waals surface area contributed by atoms with Gasteiger partial charge in [0.1, 0.15) is 0 Å². The van der Waals surface area contributed by atoms with Gasteiger partial charge in [0.25, 0.3) is 0 Å². The lowest BCUT2D eigenvalue weighted by Gasteiger charge is -2.32. The van der Waals surface area contributed by atoms with Crippen LogP contribution in [-0.2, 0) is 11.3 Å². The summed E-state index contributed by atoms with van der Waals surface area (Å²) in [6.07, 6.45) is 1.98. The van der Waals surface area contributed by atoms with Crippen LogP contribution in [0.1, 0.15) is 18.4 Å². The molecule has 1 aliphatic heterocycles. The van der Waals surface area contributed by atoms with E-state index in [4.69, 9.17) is 11.6 Å². The van der Waals surface area contributed by atoms with Crippen molar-refractivity contribution in [2.24, 2.45) is 5.92 Å². The van der Waals surface area contributed by atoms with E-state index in [2.05, 4.69) is 50.4 Å². The fourth-order valence-corrected chi connectivity index (χ4v) is 3.50. The summed E-state index contributed by atoms with van der Waals surface area (Å²) >= 11 is 9.45. The Morgan fingerprint density at radius 2 is 2.04 bits per heavy atom. The van der Waals surface area contributed by atoms with Crippen molar-refractivity contribution in [3.8, 4) is 0 Å². The van der Waals surface area contributed by atoms with Gasteiger partial charge in [-0.25, -0.2) is 0 Å². The van der Waals surface area contributed by atoms with E-state index in [1.165, 1.54) is 5.56 Å². The molecule has 5 heteroatoms. The second-order valence-electron chi connectivity index (χ2n) is 6.18. The van der Waals surface area contributed by atoms with Crippen molar-refractivity contribution in [3.63, 3.8) is 0 Å². The van der Waals surface area contributed by atoms with Gasteiger partial charge in [-0.05, 0) is 59.1 Å². The Morgan fingerprint density at radius 3 is 2.79 bits per heavy atom. The van der Waals surface area contributed by atoms with E-state index in [0.717, 1.165) is 42.6 Å². The third kappa shape index (κ3) is 4.59. The Balaban J connectivity index is 1.59. The van der Waals surface area contributed by atoms with Crippen LogP contribution < -0.4 is 5.32 Å². The highest BCUT2D eigenvalue weighted by atomic mass is 79.9. The molecule has 0 radical (unpaired) electrons. The smallest absolute Gasteiger partial charge is 0.228 e. The molecular formula is C19H20BrClN2O. The van der Waals surface area contributed by atoms with E-state index in [1.54, 1.807) is 6.07 Å². The number of piperidine rings is 1. The Labute approximate surface area is 156 Å². The summed E-state index contributed by atoms with van der Waals surface area (Å²) < 4.78 is 0.828. The quantitative estimate of drug-likeness (QED) is 0.777. The van der Waals surface area contributed by atoms with Crippen molar-refractivity contribution in [1.82, 2.24) is 4.90 Å². The van der Waals surface area contributed by atoms with Gasteiger partial charge in [0, 0.05) is 23.2 Å². The number of benzene rings is 2. The zero-order valence-corrected chi connectivity index (χ0v) is 15.7. The van der Waals surface area contributed by atoms with E-state index in [1.807, 2.05) is 18.2 Å². The first-order valence-corrected chi connectivity index (χ1v) is 9.31. The van der Waals surface area contributed by atoms with Gasteiger partial charge in [0.2, 0.25) is 5.91 Å². The van der Waals surface area contributed by atoms with Crippen LogP contribution in [0.3, 0.4) is 0 Å². The lowest BCUT2D eigenvalue weighted by atomic mass is 9.96. The van der Waals surface area contributed by atoms with E-state index in [0.29, 0.717) is 5.02 Å². The van der Waals surface area contributed by atoms with Crippen LogP contribution in [0.4, 0.5) is 5.69 Å². The number of halogens is 2. The van der Waals surface area contributed by atoms with Gasteiger partial charge in [-0.15, -0.1) is 0 Å². The van der Waals surface area contributed by atoms with Crippen LogP contribution >= 0.6 is 27.5 Å². The summed E-state index contributed by atoms with van der Waals surface area (Å²) in [7, 11) is 0. The summed E-state index contributed by atoms with van der Waals surface area (Å²) in [6, 6.07) is 15.9. The number of rotatable bonds is 4. The number of anilines is 1. The highest BCUT2D eigenvalue weighted by Crippen LogP contribution is 2.26. The maximum atomic E-state index is 12.6. The fraction of sp³-hybridized carbons (Fsp3) is 0.316. The maximum absolute atomic E-state index is 12.6. The summed E-state index contributed by atoms with van der Waals surface area (Å²) in [5, 5.41) is 3.59. The third-order valence-electron chi connectivity index (χ3n) is 4.31. The van der Waals surface area contributed by atoms with Gasteiger partial charge in [-0.2, -0.15) is 0 Å². The number of amides is 1. The molecule has 1 amide bonds. The Kier molecular flexibility index (Phi) is 5.93. The Bertz CT molecular complexity index is 708. The normalized spacial score (nSPS) is 18.3. The van der Waals surface area contributed by atoms with Gasteiger partial charge in [0.15, 0.2) is 0 Å². The SMILES string of the molecule is O=C(Nc1ccc(Br)c(Cl)c1)C1CCCN(Cc2ccccc2)C1. The molecule has 2 aromatic carbocycles. The molecule has 3 rings (SSSR count). The molecule has 2 aromatic rings. The second kappa shape index (κ2) is 8.15. The van der Waals surface area contributed by atoms with Crippen molar-refractivity contribution in [2.75, 3.05) is 18.4 Å². The summed E-state index contributed by atoms with van der Waals surface area (Å²) in [4.78, 5) is 14.9. The first kappa shape index (κ1) is 17.5. The largest absolute Gasteiger partial charge is 0.326 e. The topological polar surface area (TPSA) is 32.3 Å². The molecule has 1 heterocycles. The lowest BCUT2D eigenvalue weighted by Crippen LogP contribution is -2.40. The third-order valence-corrected chi connectivity index (χ3v) is 5.54. The number of nitrogens with zero attached hydrogens (tertiary/aromatic N) is 1. The minimum absolute atomic E-state index is 0.0184. The van der Waals surface area contributed by atoms with Crippen LogP contribution in [-0.4, -0.2) is 23.9 Å². The van der Waals surface area contributed by atoms with Crippen LogP contribution in [0.15, 0.2) is 53.0 Å². The fourth-order valence-electron chi connectivity index (χ4n) is 3.07. The van der Waals surface area contributed by atoms with Gasteiger partial charge in [-0.3, -0.25) is 9.69 Å². The highest BCUT2D eigenvalue weighted by molar-refractivity contribution is 9.10. The molecule has 126 valence electrons. The minimum Gasteiger partial charge on any atom is -0.326 e. The van der Waals surface area contributed by atoms with Crippen LogP contribution in [0.25, 0.3) is 0 Å². The van der Waals surface area contributed by atoms with Crippen molar-refractivity contribution in [2.45, 2.75) is 19.4 Å². The van der Waals surface area contributed by atoms with Crippen LogP contribution in [0, 0.1) is 5.92 Å². The molecule has 1 unspecified atom stereocenters. The molecule has 0 bridgehead atoms. The molecule has 1 atom stereocenters. The molecule has 0 saturated carbocycles.